The number of nitrogens with zero attached hydrogens (tertiary/aromatic N) is 3. The van der Waals surface area contributed by atoms with E-state index in [0.29, 0.717) is 26.6 Å². The number of furan rings is 1. The summed E-state index contributed by atoms with van der Waals surface area (Å²) in [6.45, 7) is 7.72. The quantitative estimate of drug-likeness (QED) is 0.292. The summed E-state index contributed by atoms with van der Waals surface area (Å²) < 4.78 is 8.01. The van der Waals surface area contributed by atoms with Gasteiger partial charge in [-0.2, -0.15) is 0 Å². The first kappa shape index (κ1) is 20.1. The highest BCUT2D eigenvalue weighted by Crippen LogP contribution is 2.33. The molecular formula is C24H19N3O4S. The van der Waals surface area contributed by atoms with Crippen LogP contribution >= 0.6 is 11.3 Å². The number of benzene rings is 2. The minimum absolute atomic E-state index is 0.00897. The second kappa shape index (κ2) is 7.13. The first-order chi connectivity index (χ1) is 15.2. The summed E-state index contributed by atoms with van der Waals surface area (Å²) in [6.07, 6.45) is 1.66. The molecule has 2 aromatic carbocycles. The van der Waals surface area contributed by atoms with Crippen molar-refractivity contribution in [2.75, 3.05) is 0 Å². The van der Waals surface area contributed by atoms with Crippen LogP contribution in [-0.2, 0) is 0 Å². The Hall–Kier alpha value is -3.78. The van der Waals surface area contributed by atoms with Gasteiger partial charge in [-0.1, -0.05) is 17.4 Å². The molecule has 0 aliphatic rings. The predicted molar refractivity (Wildman–Crippen MR) is 125 cm³/mol. The van der Waals surface area contributed by atoms with E-state index in [1.807, 2.05) is 39.8 Å². The van der Waals surface area contributed by atoms with Gasteiger partial charge in [0.25, 0.3) is 11.2 Å². The van der Waals surface area contributed by atoms with Crippen molar-refractivity contribution in [3.63, 3.8) is 0 Å². The van der Waals surface area contributed by atoms with Gasteiger partial charge in [0.15, 0.2) is 4.96 Å². The molecule has 0 unspecified atom stereocenters. The van der Waals surface area contributed by atoms with Gasteiger partial charge in [0.05, 0.1) is 21.5 Å². The van der Waals surface area contributed by atoms with Crippen LogP contribution < -0.4 is 10.1 Å². The highest BCUT2D eigenvalue weighted by molar-refractivity contribution is 7.15. The molecule has 0 bridgehead atoms. The van der Waals surface area contributed by atoms with E-state index in [9.17, 15) is 14.9 Å². The maximum Gasteiger partial charge on any atom is 0.280 e. The number of fused-ring (bicyclic) bond motifs is 3. The van der Waals surface area contributed by atoms with Gasteiger partial charge >= 0.3 is 0 Å². The van der Waals surface area contributed by atoms with Crippen molar-refractivity contribution in [1.29, 1.82) is 0 Å². The predicted octanol–water partition coefficient (Wildman–Crippen LogP) is 4.86. The minimum atomic E-state index is -0.410. The summed E-state index contributed by atoms with van der Waals surface area (Å²) in [4.78, 5) is 29.5. The molecular weight excluding hydrogens is 426 g/mol. The first-order valence-electron chi connectivity index (χ1n) is 10.0. The van der Waals surface area contributed by atoms with Crippen molar-refractivity contribution in [3.8, 4) is 11.3 Å². The van der Waals surface area contributed by atoms with E-state index >= 15 is 0 Å². The lowest BCUT2D eigenvalue weighted by Gasteiger charge is -2.04. The average molecular weight is 446 g/mol. The number of nitro groups is 1. The lowest BCUT2D eigenvalue weighted by atomic mass is 10.0. The van der Waals surface area contributed by atoms with E-state index < -0.39 is 4.92 Å². The molecule has 0 radical (unpaired) electrons. The van der Waals surface area contributed by atoms with Gasteiger partial charge in [-0.3, -0.25) is 14.9 Å². The summed E-state index contributed by atoms with van der Waals surface area (Å²) in [5.41, 5.74) is 5.75. The Morgan fingerprint density at radius 2 is 1.81 bits per heavy atom. The molecule has 0 aliphatic carbocycles. The normalized spacial score (nSPS) is 12.3. The maximum atomic E-state index is 13.1. The fourth-order valence-corrected chi connectivity index (χ4v) is 4.92. The molecule has 0 atom stereocenters. The SMILES string of the molecule is Cc1cc(C)c2nc3sc(=Cc4ccc(-c5cc(C)c(C)cc5[N+](=O)[O-])o4)c(=O)n3c2c1. The van der Waals surface area contributed by atoms with Gasteiger partial charge in [-0.05, 0) is 74.2 Å². The third kappa shape index (κ3) is 3.11. The lowest BCUT2D eigenvalue weighted by molar-refractivity contribution is -0.384. The molecule has 160 valence electrons. The molecule has 0 spiro atoms. The van der Waals surface area contributed by atoms with Crippen LogP contribution in [-0.4, -0.2) is 14.3 Å². The van der Waals surface area contributed by atoms with Gasteiger partial charge < -0.3 is 4.42 Å². The molecule has 0 fully saturated rings. The van der Waals surface area contributed by atoms with E-state index in [0.717, 1.165) is 33.3 Å². The van der Waals surface area contributed by atoms with Crippen LogP contribution in [0.25, 0.3) is 33.4 Å². The summed E-state index contributed by atoms with van der Waals surface area (Å²) in [5.74, 6) is 0.835. The Bertz CT molecular complexity index is 1670. The molecule has 0 aliphatic heterocycles. The fourth-order valence-electron chi connectivity index (χ4n) is 3.96. The van der Waals surface area contributed by atoms with E-state index in [1.54, 1.807) is 34.7 Å². The highest BCUT2D eigenvalue weighted by Gasteiger charge is 2.20. The Balaban J connectivity index is 1.64. The number of nitro benzene ring substituents is 1. The average Bonchev–Trinajstić information content (AvgIpc) is 3.40. The van der Waals surface area contributed by atoms with Crippen LogP contribution in [0.3, 0.4) is 0 Å². The molecule has 32 heavy (non-hydrogen) atoms. The number of aryl methyl sites for hydroxylation is 4. The maximum absolute atomic E-state index is 13.1. The van der Waals surface area contributed by atoms with Gasteiger partial charge in [0, 0.05) is 12.1 Å². The van der Waals surface area contributed by atoms with Crippen molar-refractivity contribution >= 4 is 39.1 Å². The lowest BCUT2D eigenvalue weighted by Crippen LogP contribution is -2.22. The summed E-state index contributed by atoms with van der Waals surface area (Å²) in [7, 11) is 0. The molecule has 7 nitrogen and oxygen atoms in total. The van der Waals surface area contributed by atoms with Crippen molar-refractivity contribution < 1.29 is 9.34 Å². The topological polar surface area (TPSA) is 90.7 Å². The number of hydrogen-bond donors (Lipinski definition) is 0. The highest BCUT2D eigenvalue weighted by atomic mass is 32.1. The van der Waals surface area contributed by atoms with Gasteiger partial charge in [-0.25, -0.2) is 9.38 Å². The molecule has 3 aromatic heterocycles. The zero-order chi connectivity index (χ0) is 22.7. The molecule has 8 heteroatoms. The van der Waals surface area contributed by atoms with Crippen molar-refractivity contribution in [3.05, 3.63) is 89.4 Å². The molecule has 0 N–H and O–H groups in total. The van der Waals surface area contributed by atoms with Crippen molar-refractivity contribution in [1.82, 2.24) is 9.38 Å². The number of hydrogen-bond acceptors (Lipinski definition) is 6. The monoisotopic (exact) mass is 445 g/mol. The Labute approximate surface area is 186 Å². The van der Waals surface area contributed by atoms with Gasteiger partial charge in [-0.15, -0.1) is 0 Å². The Kier molecular flexibility index (Phi) is 4.49. The zero-order valence-corrected chi connectivity index (χ0v) is 18.7. The van der Waals surface area contributed by atoms with Crippen LogP contribution in [0.1, 0.15) is 28.0 Å². The van der Waals surface area contributed by atoms with Crippen LogP contribution in [0.5, 0.6) is 0 Å². The van der Waals surface area contributed by atoms with E-state index in [2.05, 4.69) is 4.98 Å². The number of thiazole rings is 1. The largest absolute Gasteiger partial charge is 0.456 e. The zero-order valence-electron chi connectivity index (χ0n) is 17.9. The molecule has 0 saturated carbocycles. The van der Waals surface area contributed by atoms with E-state index in [-0.39, 0.29) is 11.2 Å². The van der Waals surface area contributed by atoms with Gasteiger partial charge in [0.1, 0.15) is 16.1 Å². The first-order valence-corrected chi connectivity index (χ1v) is 10.8. The molecule has 5 aromatic rings. The Morgan fingerprint density at radius 1 is 1.06 bits per heavy atom. The third-order valence-electron chi connectivity index (χ3n) is 5.65. The standard InChI is InChI=1S/C24H19N3O4S/c1-12-7-15(4)22-19(8-12)26-23(28)21(32-24(26)25-22)11-16-5-6-20(31-16)17-9-13(2)14(3)10-18(17)27(29)30/h5-11H,1-4H3. The molecule has 0 saturated heterocycles. The minimum Gasteiger partial charge on any atom is -0.456 e. The van der Waals surface area contributed by atoms with Crippen molar-refractivity contribution in [2.45, 2.75) is 27.7 Å². The number of imidazole rings is 1. The van der Waals surface area contributed by atoms with E-state index in [4.69, 9.17) is 4.42 Å². The summed E-state index contributed by atoms with van der Waals surface area (Å²) >= 11 is 1.29. The molecule has 5 rings (SSSR count). The van der Waals surface area contributed by atoms with Gasteiger partial charge in [0.2, 0.25) is 0 Å². The number of rotatable bonds is 3. The fraction of sp³-hybridized carbons (Fsp3) is 0.167. The Morgan fingerprint density at radius 3 is 2.56 bits per heavy atom. The second-order valence-electron chi connectivity index (χ2n) is 8.01. The van der Waals surface area contributed by atoms with Crippen molar-refractivity contribution in [2.24, 2.45) is 0 Å². The summed E-state index contributed by atoms with van der Waals surface area (Å²) in [6, 6.07) is 10.7. The van der Waals surface area contributed by atoms with Crippen LogP contribution in [0, 0.1) is 37.8 Å². The van der Waals surface area contributed by atoms with Crippen LogP contribution in [0.15, 0.2) is 45.6 Å². The molecule has 0 amide bonds. The van der Waals surface area contributed by atoms with E-state index in [1.165, 1.54) is 11.3 Å². The smallest absolute Gasteiger partial charge is 0.280 e. The third-order valence-corrected chi connectivity index (χ3v) is 6.62. The summed E-state index contributed by atoms with van der Waals surface area (Å²) in [5, 5.41) is 11.5. The number of aromatic nitrogens is 2. The van der Waals surface area contributed by atoms with Crippen LogP contribution in [0.2, 0.25) is 0 Å². The molecule has 3 heterocycles. The second-order valence-corrected chi connectivity index (χ2v) is 9.02. The van der Waals surface area contributed by atoms with Crippen LogP contribution in [0.4, 0.5) is 5.69 Å².